The molecule has 0 amide bonds. The van der Waals surface area contributed by atoms with Gasteiger partial charge in [-0.1, -0.05) is 26.0 Å². The zero-order valence-corrected chi connectivity index (χ0v) is 21.3. The smallest absolute Gasteiger partial charge is 0.351 e. The van der Waals surface area contributed by atoms with Crippen LogP contribution >= 0.6 is 0 Å². The summed E-state index contributed by atoms with van der Waals surface area (Å²) < 4.78 is 16.4. The first-order chi connectivity index (χ1) is 17.8. The van der Waals surface area contributed by atoms with Gasteiger partial charge < -0.3 is 10.2 Å². The van der Waals surface area contributed by atoms with Crippen molar-refractivity contribution in [1.29, 1.82) is 5.26 Å². The van der Waals surface area contributed by atoms with Crippen molar-refractivity contribution in [2.24, 2.45) is 0 Å². The maximum Gasteiger partial charge on any atom is 0.355 e. The fourth-order valence-electron chi connectivity index (χ4n) is 4.93. The lowest BCUT2D eigenvalue weighted by atomic mass is 10.0. The molecule has 4 aromatic rings. The SMILES string of the molecule is Cc1ccnc(C(C)C)c1-n1c(=O)nc(N2CCNC[C@@H]2C)c2cc(C#N)c(-c3ccccc3F)nc21. The van der Waals surface area contributed by atoms with E-state index >= 15 is 0 Å². The van der Waals surface area contributed by atoms with Gasteiger partial charge in [0.25, 0.3) is 0 Å². The van der Waals surface area contributed by atoms with Crippen molar-refractivity contribution in [2.45, 2.75) is 39.7 Å². The molecule has 8 nitrogen and oxygen atoms in total. The molecule has 1 atom stereocenters. The highest BCUT2D eigenvalue weighted by atomic mass is 19.1. The van der Waals surface area contributed by atoms with Crippen molar-refractivity contribution in [3.8, 4) is 23.0 Å². The maximum atomic E-state index is 14.9. The molecule has 0 unspecified atom stereocenters. The molecule has 9 heteroatoms. The lowest BCUT2D eigenvalue weighted by Crippen LogP contribution is -2.50. The number of benzene rings is 1. The Balaban J connectivity index is 1.94. The van der Waals surface area contributed by atoms with Gasteiger partial charge in [-0.15, -0.1) is 0 Å². The van der Waals surface area contributed by atoms with Crippen LogP contribution in [0.5, 0.6) is 0 Å². The highest BCUT2D eigenvalue weighted by Crippen LogP contribution is 2.33. The van der Waals surface area contributed by atoms with E-state index < -0.39 is 11.5 Å². The molecule has 188 valence electrons. The monoisotopic (exact) mass is 497 g/mol. The standard InChI is InChI=1S/C28H28FN7O/c1-16(2)23-25(17(3)9-10-32-23)36-27-21(26(34-28(36)37)35-12-11-31-15-18(35)4)13-19(14-30)24(33-27)20-7-5-6-8-22(20)29/h5-10,13,16,18,31H,11-12,15H2,1-4H3/t18-/m0/s1. The minimum atomic E-state index is -0.497. The van der Waals surface area contributed by atoms with Crippen LogP contribution in [0.2, 0.25) is 0 Å². The number of anilines is 1. The molecule has 1 aliphatic rings. The number of piperazine rings is 1. The summed E-state index contributed by atoms with van der Waals surface area (Å²) in [5.41, 5.74) is 2.58. The molecule has 0 bridgehead atoms. The van der Waals surface area contributed by atoms with E-state index in [0.717, 1.165) is 24.3 Å². The molecule has 0 spiro atoms. The highest BCUT2D eigenvalue weighted by Gasteiger charge is 2.27. The molecule has 37 heavy (non-hydrogen) atoms. The van der Waals surface area contributed by atoms with Crippen LogP contribution in [0.1, 0.15) is 43.5 Å². The fourth-order valence-corrected chi connectivity index (χ4v) is 4.93. The molecular weight excluding hydrogens is 469 g/mol. The zero-order chi connectivity index (χ0) is 26.3. The van der Waals surface area contributed by atoms with Gasteiger partial charge in [-0.25, -0.2) is 18.7 Å². The van der Waals surface area contributed by atoms with E-state index in [1.165, 1.54) is 10.6 Å². The number of nitriles is 1. The van der Waals surface area contributed by atoms with E-state index in [0.29, 0.717) is 29.1 Å². The molecule has 1 fully saturated rings. The Kier molecular flexibility index (Phi) is 6.44. The van der Waals surface area contributed by atoms with Crippen molar-refractivity contribution in [3.05, 3.63) is 75.7 Å². The average molecular weight is 498 g/mol. The number of rotatable bonds is 4. The number of hydrogen-bond acceptors (Lipinski definition) is 7. The first-order valence-electron chi connectivity index (χ1n) is 12.4. The van der Waals surface area contributed by atoms with Crippen LogP contribution < -0.4 is 15.9 Å². The summed E-state index contributed by atoms with van der Waals surface area (Å²) in [5.74, 6) is 0.00120. The first-order valence-corrected chi connectivity index (χ1v) is 12.4. The number of nitrogens with one attached hydrogen (secondary N) is 1. The van der Waals surface area contributed by atoms with E-state index in [4.69, 9.17) is 4.98 Å². The molecule has 5 rings (SSSR count). The van der Waals surface area contributed by atoms with Gasteiger partial charge in [0.2, 0.25) is 0 Å². The molecule has 1 N–H and O–H groups in total. The molecule has 1 aromatic carbocycles. The third-order valence-electron chi connectivity index (χ3n) is 6.80. The summed E-state index contributed by atoms with van der Waals surface area (Å²) in [6.07, 6.45) is 1.72. The second kappa shape index (κ2) is 9.71. The second-order valence-corrected chi connectivity index (χ2v) is 9.66. The Morgan fingerprint density at radius 1 is 1.22 bits per heavy atom. The fraction of sp³-hybridized carbons (Fsp3) is 0.321. The molecule has 3 aromatic heterocycles. The number of aromatic nitrogens is 4. The molecule has 0 saturated carbocycles. The van der Waals surface area contributed by atoms with Crippen LogP contribution in [0, 0.1) is 24.1 Å². The van der Waals surface area contributed by atoms with E-state index in [1.807, 2.05) is 26.8 Å². The van der Waals surface area contributed by atoms with Crippen LogP contribution in [-0.2, 0) is 0 Å². The Labute approximate surface area is 214 Å². The number of fused-ring (bicyclic) bond motifs is 1. The first kappa shape index (κ1) is 24.5. The van der Waals surface area contributed by atoms with Gasteiger partial charge in [0.15, 0.2) is 5.65 Å². The quantitative estimate of drug-likeness (QED) is 0.453. The zero-order valence-electron chi connectivity index (χ0n) is 21.3. The number of pyridine rings is 2. The summed E-state index contributed by atoms with van der Waals surface area (Å²) in [4.78, 5) is 29.8. The predicted molar refractivity (Wildman–Crippen MR) is 142 cm³/mol. The Hall–Kier alpha value is -4.16. The summed E-state index contributed by atoms with van der Waals surface area (Å²) in [7, 11) is 0. The van der Waals surface area contributed by atoms with Crippen molar-refractivity contribution in [2.75, 3.05) is 24.5 Å². The summed E-state index contributed by atoms with van der Waals surface area (Å²) >= 11 is 0. The van der Waals surface area contributed by atoms with Gasteiger partial charge in [-0.3, -0.25) is 4.98 Å². The number of halogens is 1. The molecule has 0 aliphatic carbocycles. The second-order valence-electron chi connectivity index (χ2n) is 9.66. The van der Waals surface area contributed by atoms with E-state index in [-0.39, 0.29) is 28.8 Å². The molecule has 1 aliphatic heterocycles. The summed E-state index contributed by atoms with van der Waals surface area (Å²) in [6.45, 7) is 10.1. The lowest BCUT2D eigenvalue weighted by molar-refractivity contribution is 0.497. The van der Waals surface area contributed by atoms with Gasteiger partial charge in [0, 0.05) is 37.4 Å². The third-order valence-corrected chi connectivity index (χ3v) is 6.80. The molecular formula is C28H28FN7O. The minimum Gasteiger partial charge on any atom is -0.351 e. The molecule has 0 radical (unpaired) electrons. The normalized spacial score (nSPS) is 15.8. The van der Waals surface area contributed by atoms with Gasteiger partial charge in [0.05, 0.1) is 28.0 Å². The van der Waals surface area contributed by atoms with Gasteiger partial charge in [-0.05, 0) is 49.6 Å². The Morgan fingerprint density at radius 3 is 2.70 bits per heavy atom. The van der Waals surface area contributed by atoms with Crippen LogP contribution in [-0.4, -0.2) is 45.2 Å². The van der Waals surface area contributed by atoms with Crippen molar-refractivity contribution in [3.63, 3.8) is 0 Å². The van der Waals surface area contributed by atoms with Crippen molar-refractivity contribution >= 4 is 16.9 Å². The van der Waals surface area contributed by atoms with Crippen LogP contribution in [0.4, 0.5) is 10.2 Å². The molecule has 1 saturated heterocycles. The number of nitrogens with zero attached hydrogens (tertiary/aromatic N) is 6. The van der Waals surface area contributed by atoms with Crippen molar-refractivity contribution < 1.29 is 4.39 Å². The van der Waals surface area contributed by atoms with E-state index in [9.17, 15) is 14.4 Å². The minimum absolute atomic E-state index is 0.0223. The van der Waals surface area contributed by atoms with Crippen LogP contribution in [0.25, 0.3) is 28.0 Å². The van der Waals surface area contributed by atoms with Gasteiger partial charge >= 0.3 is 5.69 Å². The van der Waals surface area contributed by atoms with E-state index in [1.54, 1.807) is 30.5 Å². The van der Waals surface area contributed by atoms with E-state index in [2.05, 4.69) is 33.2 Å². The number of aryl methyl sites for hydroxylation is 1. The van der Waals surface area contributed by atoms with Crippen molar-refractivity contribution in [1.82, 2.24) is 24.8 Å². The van der Waals surface area contributed by atoms with Crippen LogP contribution in [0.3, 0.4) is 0 Å². The molecule has 4 heterocycles. The van der Waals surface area contributed by atoms with Gasteiger partial charge in [-0.2, -0.15) is 10.2 Å². The maximum absolute atomic E-state index is 14.9. The summed E-state index contributed by atoms with van der Waals surface area (Å²) in [6, 6.07) is 12.0. The Bertz CT molecular complexity index is 1610. The highest BCUT2D eigenvalue weighted by molar-refractivity contribution is 5.92. The topological polar surface area (TPSA) is 99.7 Å². The predicted octanol–water partition coefficient (Wildman–Crippen LogP) is 4.08. The number of hydrogen-bond donors (Lipinski definition) is 1. The largest absolute Gasteiger partial charge is 0.355 e. The van der Waals surface area contributed by atoms with Gasteiger partial charge in [0.1, 0.15) is 17.7 Å². The summed E-state index contributed by atoms with van der Waals surface area (Å²) in [5, 5.41) is 14.0. The Morgan fingerprint density at radius 2 is 2.00 bits per heavy atom. The average Bonchev–Trinajstić information content (AvgIpc) is 2.88. The third kappa shape index (κ3) is 4.23. The van der Waals surface area contributed by atoms with Crippen LogP contribution in [0.15, 0.2) is 47.4 Å². The lowest BCUT2D eigenvalue weighted by Gasteiger charge is -2.35.